The van der Waals surface area contributed by atoms with Crippen LogP contribution in [0.3, 0.4) is 0 Å². The number of hydrogen-bond donors (Lipinski definition) is 2. The Morgan fingerprint density at radius 2 is 2.14 bits per heavy atom. The van der Waals surface area contributed by atoms with Crippen LogP contribution in [0.2, 0.25) is 0 Å². The number of hydrogen-bond acceptors (Lipinski definition) is 6. The third kappa shape index (κ3) is 4.11. The highest BCUT2D eigenvalue weighted by molar-refractivity contribution is 7.09. The third-order valence-electron chi connectivity index (χ3n) is 2.75. The number of nitrogens with one attached hydrogen (secondary N) is 1. The van der Waals surface area contributed by atoms with Crippen LogP contribution in [0.25, 0.3) is 0 Å². The van der Waals surface area contributed by atoms with Gasteiger partial charge in [0, 0.05) is 11.6 Å². The number of nitrogens with two attached hydrogens (primary N) is 1. The van der Waals surface area contributed by atoms with E-state index in [0.717, 1.165) is 16.7 Å². The summed E-state index contributed by atoms with van der Waals surface area (Å²) in [5.74, 6) is 0.838. The first-order valence-corrected chi connectivity index (χ1v) is 7.11. The normalized spacial score (nSPS) is 13.3. The van der Waals surface area contributed by atoms with Crippen LogP contribution < -0.4 is 11.1 Å². The first kappa shape index (κ1) is 15.6. The van der Waals surface area contributed by atoms with Gasteiger partial charge in [0.25, 0.3) is 0 Å². The van der Waals surface area contributed by atoms with Gasteiger partial charge in [0.15, 0.2) is 5.69 Å². The lowest BCUT2D eigenvalue weighted by atomic mass is 10.2. The molecule has 1 atom stereocenters. The Morgan fingerprint density at radius 1 is 1.38 bits per heavy atom. The number of rotatable bonds is 5. The van der Waals surface area contributed by atoms with E-state index in [4.69, 9.17) is 5.73 Å². The van der Waals surface area contributed by atoms with Crippen LogP contribution in [0.5, 0.6) is 0 Å². The molecule has 114 valence electrons. The van der Waals surface area contributed by atoms with Crippen LogP contribution in [0.4, 0.5) is 19.0 Å². The number of thiazole rings is 1. The molecule has 2 heterocycles. The summed E-state index contributed by atoms with van der Waals surface area (Å²) in [7, 11) is 0. The molecule has 9 heteroatoms. The highest BCUT2D eigenvalue weighted by Crippen LogP contribution is 2.32. The fourth-order valence-corrected chi connectivity index (χ4v) is 2.68. The Labute approximate surface area is 123 Å². The van der Waals surface area contributed by atoms with Crippen molar-refractivity contribution in [2.75, 3.05) is 5.73 Å². The van der Waals surface area contributed by atoms with Crippen LogP contribution >= 0.6 is 11.3 Å². The fraction of sp³-hybridized carbons (Fsp3) is 0.417. The quantitative estimate of drug-likeness (QED) is 0.887. The van der Waals surface area contributed by atoms with Crippen LogP contribution in [-0.2, 0) is 12.7 Å². The maximum absolute atomic E-state index is 12.6. The maximum Gasteiger partial charge on any atom is 0.434 e. The van der Waals surface area contributed by atoms with Crippen molar-refractivity contribution in [3.8, 4) is 0 Å². The van der Waals surface area contributed by atoms with Crippen molar-refractivity contribution in [2.45, 2.75) is 32.1 Å². The van der Waals surface area contributed by atoms with E-state index in [2.05, 4.69) is 20.3 Å². The average molecular weight is 317 g/mol. The second-order valence-corrected chi connectivity index (χ2v) is 5.20. The van der Waals surface area contributed by atoms with Crippen molar-refractivity contribution < 1.29 is 13.2 Å². The molecule has 0 bridgehead atoms. The molecule has 0 aliphatic carbocycles. The minimum Gasteiger partial charge on any atom is -0.384 e. The van der Waals surface area contributed by atoms with Gasteiger partial charge in [-0.05, 0) is 12.5 Å². The van der Waals surface area contributed by atoms with Crippen molar-refractivity contribution in [3.05, 3.63) is 34.2 Å². The topological polar surface area (TPSA) is 76.7 Å². The summed E-state index contributed by atoms with van der Waals surface area (Å²) < 4.78 is 37.7. The van der Waals surface area contributed by atoms with Gasteiger partial charge < -0.3 is 11.1 Å². The number of alkyl halides is 3. The van der Waals surface area contributed by atoms with Gasteiger partial charge in [0.05, 0.1) is 12.6 Å². The lowest BCUT2D eigenvalue weighted by Gasteiger charge is -2.13. The third-order valence-corrected chi connectivity index (χ3v) is 3.71. The Hall–Kier alpha value is -1.74. The van der Waals surface area contributed by atoms with Crippen molar-refractivity contribution in [1.29, 1.82) is 0 Å². The lowest BCUT2D eigenvalue weighted by Crippen LogP contribution is -2.22. The van der Waals surface area contributed by atoms with E-state index in [1.54, 1.807) is 6.07 Å². The van der Waals surface area contributed by atoms with Gasteiger partial charge in [-0.1, -0.05) is 6.92 Å². The minimum atomic E-state index is -4.41. The number of halogens is 3. The summed E-state index contributed by atoms with van der Waals surface area (Å²) in [6, 6.07) is 1.29. The summed E-state index contributed by atoms with van der Waals surface area (Å²) >= 11 is 0.988. The molecule has 0 saturated carbocycles. The summed E-state index contributed by atoms with van der Waals surface area (Å²) in [6.45, 7) is 2.18. The number of nitrogens with zero attached hydrogens (tertiary/aromatic N) is 3. The van der Waals surface area contributed by atoms with Gasteiger partial charge in [0.1, 0.15) is 16.6 Å². The molecule has 0 amide bonds. The molecule has 0 radical (unpaired) electrons. The predicted molar refractivity (Wildman–Crippen MR) is 73.4 cm³/mol. The molecule has 0 fully saturated rings. The summed E-state index contributed by atoms with van der Waals surface area (Å²) in [5.41, 5.74) is 4.69. The predicted octanol–water partition coefficient (Wildman–Crippen LogP) is 2.78. The molecular formula is C12H14F3N5S. The summed E-state index contributed by atoms with van der Waals surface area (Å²) in [5, 5.41) is 4.52. The minimum absolute atomic E-state index is 0.281. The highest BCUT2D eigenvalue weighted by atomic mass is 32.1. The van der Waals surface area contributed by atoms with E-state index in [1.165, 1.54) is 6.20 Å². The Balaban J connectivity index is 2.05. The van der Waals surface area contributed by atoms with E-state index in [9.17, 15) is 13.2 Å². The fourth-order valence-electron chi connectivity index (χ4n) is 1.70. The monoisotopic (exact) mass is 317 g/mol. The zero-order valence-electron chi connectivity index (χ0n) is 11.2. The van der Waals surface area contributed by atoms with Gasteiger partial charge in [0.2, 0.25) is 0 Å². The molecule has 2 rings (SSSR count). The summed E-state index contributed by atoms with van der Waals surface area (Å²) in [4.78, 5) is 11.7. The van der Waals surface area contributed by atoms with E-state index in [1.807, 2.05) is 6.92 Å². The smallest absolute Gasteiger partial charge is 0.384 e. The Kier molecular flexibility index (Phi) is 4.73. The first-order chi connectivity index (χ1) is 9.90. The first-order valence-electron chi connectivity index (χ1n) is 6.23. The summed E-state index contributed by atoms with van der Waals surface area (Å²) in [6.07, 6.45) is -2.28. The molecule has 1 unspecified atom stereocenters. The molecular weight excluding hydrogens is 303 g/mol. The zero-order chi connectivity index (χ0) is 15.5. The van der Waals surface area contributed by atoms with E-state index >= 15 is 0 Å². The van der Waals surface area contributed by atoms with E-state index < -0.39 is 11.9 Å². The van der Waals surface area contributed by atoms with Crippen LogP contribution in [0, 0.1) is 0 Å². The molecule has 3 N–H and O–H groups in total. The molecule has 21 heavy (non-hydrogen) atoms. The van der Waals surface area contributed by atoms with Gasteiger partial charge in [-0.2, -0.15) is 13.2 Å². The van der Waals surface area contributed by atoms with Gasteiger partial charge >= 0.3 is 6.18 Å². The van der Waals surface area contributed by atoms with Gasteiger partial charge in [-0.25, -0.2) is 15.0 Å². The number of nitrogen functional groups attached to an aromatic ring is 1. The van der Waals surface area contributed by atoms with Crippen LogP contribution in [-0.4, -0.2) is 15.0 Å². The Bertz CT molecular complexity index is 599. The highest BCUT2D eigenvalue weighted by Gasteiger charge is 2.34. The van der Waals surface area contributed by atoms with E-state index in [0.29, 0.717) is 29.6 Å². The second kappa shape index (κ2) is 6.35. The largest absolute Gasteiger partial charge is 0.434 e. The molecule has 2 aromatic heterocycles. The Morgan fingerprint density at radius 3 is 2.71 bits per heavy atom. The second-order valence-electron chi connectivity index (χ2n) is 4.31. The van der Waals surface area contributed by atoms with Gasteiger partial charge in [-0.3, -0.25) is 0 Å². The lowest BCUT2D eigenvalue weighted by molar-refractivity contribution is -0.140. The average Bonchev–Trinajstić information content (AvgIpc) is 2.89. The molecule has 0 saturated heterocycles. The van der Waals surface area contributed by atoms with Gasteiger partial charge in [-0.15, -0.1) is 11.3 Å². The van der Waals surface area contributed by atoms with Crippen molar-refractivity contribution >= 4 is 17.2 Å². The number of aromatic nitrogens is 3. The molecule has 0 aromatic carbocycles. The molecule has 0 aliphatic rings. The molecule has 5 nitrogen and oxygen atoms in total. The molecule has 2 aromatic rings. The van der Waals surface area contributed by atoms with E-state index in [-0.39, 0.29) is 6.04 Å². The SMILES string of the molecule is CCC(NCc1nccc(N)n1)c1nc(C(F)(F)F)cs1. The van der Waals surface area contributed by atoms with Crippen LogP contribution in [0.15, 0.2) is 17.6 Å². The molecule has 0 spiro atoms. The maximum atomic E-state index is 12.6. The van der Waals surface area contributed by atoms with Crippen LogP contribution in [0.1, 0.15) is 35.9 Å². The van der Waals surface area contributed by atoms with Crippen molar-refractivity contribution in [2.24, 2.45) is 0 Å². The molecule has 0 aliphatic heterocycles. The zero-order valence-corrected chi connectivity index (χ0v) is 12.0. The van der Waals surface area contributed by atoms with Crippen molar-refractivity contribution in [1.82, 2.24) is 20.3 Å². The number of anilines is 1. The standard InChI is InChI=1S/C12H14F3N5S/c1-2-7(11-19-8(6-21-11)12(13,14)15)18-5-10-17-4-3-9(16)20-10/h3-4,6-7,18H,2,5H2,1H3,(H2,16,17,20). The van der Waals surface area contributed by atoms with Crippen molar-refractivity contribution in [3.63, 3.8) is 0 Å².